The maximum absolute atomic E-state index is 12.4. The molecule has 1 aliphatic heterocycles. The highest BCUT2D eigenvalue weighted by molar-refractivity contribution is 9.10. The van der Waals surface area contributed by atoms with Crippen molar-refractivity contribution in [2.75, 3.05) is 19.7 Å². The van der Waals surface area contributed by atoms with Gasteiger partial charge in [0, 0.05) is 17.4 Å². The number of carbonyl (C=O) groups excluding carboxylic acids is 4. The maximum Gasteiger partial charge on any atom is 0.307 e. The van der Waals surface area contributed by atoms with Crippen molar-refractivity contribution in [3.63, 3.8) is 0 Å². The number of fused-ring (bicyclic) bond motifs is 1. The van der Waals surface area contributed by atoms with E-state index in [2.05, 4.69) is 21.2 Å². The largest absolute Gasteiger partial charge is 0.464 e. The molecule has 3 rings (SSSR count). The highest BCUT2D eigenvalue weighted by Crippen LogP contribution is 2.26. The molecule has 162 valence electrons. The van der Waals surface area contributed by atoms with E-state index >= 15 is 0 Å². The van der Waals surface area contributed by atoms with Gasteiger partial charge in [0.05, 0.1) is 24.1 Å². The van der Waals surface area contributed by atoms with Gasteiger partial charge in [0.15, 0.2) is 0 Å². The van der Waals surface area contributed by atoms with Crippen LogP contribution in [0.2, 0.25) is 0 Å². The van der Waals surface area contributed by atoms with Crippen LogP contribution >= 0.6 is 15.9 Å². The van der Waals surface area contributed by atoms with Gasteiger partial charge in [-0.1, -0.05) is 45.8 Å². The van der Waals surface area contributed by atoms with Crippen molar-refractivity contribution in [3.05, 3.63) is 69.2 Å². The number of imide groups is 1. The zero-order chi connectivity index (χ0) is 22.4. The van der Waals surface area contributed by atoms with Crippen LogP contribution in [0.25, 0.3) is 0 Å². The third kappa shape index (κ3) is 6.01. The Hall–Kier alpha value is -3.00. The lowest BCUT2D eigenvalue weighted by atomic mass is 10.1. The fraction of sp³-hybridized carbons (Fsp3) is 0.304. The molecule has 2 aromatic carbocycles. The van der Waals surface area contributed by atoms with Crippen LogP contribution in [0.5, 0.6) is 0 Å². The van der Waals surface area contributed by atoms with Crippen LogP contribution < -0.4 is 5.32 Å². The first-order chi connectivity index (χ1) is 14.8. The van der Waals surface area contributed by atoms with Gasteiger partial charge in [-0.2, -0.15) is 0 Å². The van der Waals surface area contributed by atoms with Gasteiger partial charge in [-0.25, -0.2) is 0 Å². The zero-order valence-electron chi connectivity index (χ0n) is 17.2. The number of halogens is 1. The Balaban J connectivity index is 1.33. The molecule has 0 unspecified atom stereocenters. The van der Waals surface area contributed by atoms with E-state index in [0.29, 0.717) is 28.4 Å². The van der Waals surface area contributed by atoms with E-state index in [9.17, 15) is 19.2 Å². The van der Waals surface area contributed by atoms with Crippen LogP contribution in [0.15, 0.2) is 46.9 Å². The Morgan fingerprint density at radius 2 is 1.71 bits per heavy atom. The van der Waals surface area contributed by atoms with Crippen LogP contribution in [0, 0.1) is 6.92 Å². The number of nitrogens with one attached hydrogen (secondary N) is 1. The molecule has 8 heteroatoms. The van der Waals surface area contributed by atoms with Crippen molar-refractivity contribution in [2.24, 2.45) is 0 Å². The molecule has 0 fully saturated rings. The number of aryl methyl sites for hydroxylation is 2. The average molecular weight is 487 g/mol. The van der Waals surface area contributed by atoms with Crippen LogP contribution in [-0.4, -0.2) is 48.3 Å². The van der Waals surface area contributed by atoms with Crippen LogP contribution in [0.4, 0.5) is 0 Å². The predicted molar refractivity (Wildman–Crippen MR) is 118 cm³/mol. The van der Waals surface area contributed by atoms with Crippen LogP contribution in [-0.2, 0) is 20.7 Å². The predicted octanol–water partition coefficient (Wildman–Crippen LogP) is 3.04. The van der Waals surface area contributed by atoms with E-state index in [-0.39, 0.29) is 32.0 Å². The molecule has 1 N–H and O–H groups in total. The van der Waals surface area contributed by atoms with E-state index in [1.54, 1.807) is 18.2 Å². The summed E-state index contributed by atoms with van der Waals surface area (Å²) in [5, 5.41) is 2.71. The lowest BCUT2D eigenvalue weighted by molar-refractivity contribution is -0.144. The average Bonchev–Trinajstić information content (AvgIpc) is 2.98. The van der Waals surface area contributed by atoms with Gasteiger partial charge in [0.25, 0.3) is 11.8 Å². The topological polar surface area (TPSA) is 92.8 Å². The Morgan fingerprint density at radius 1 is 1.00 bits per heavy atom. The minimum atomic E-state index is -0.536. The second-order valence-corrected chi connectivity index (χ2v) is 8.17. The molecule has 0 atom stereocenters. The molecule has 0 saturated carbocycles. The molecular weight excluding hydrogens is 464 g/mol. The lowest BCUT2D eigenvalue weighted by Crippen LogP contribution is -2.33. The van der Waals surface area contributed by atoms with Gasteiger partial charge in [-0.05, 0) is 37.1 Å². The minimum absolute atomic E-state index is 0.0319. The zero-order valence-corrected chi connectivity index (χ0v) is 18.7. The molecule has 3 amide bonds. The van der Waals surface area contributed by atoms with E-state index in [0.717, 1.165) is 10.5 Å². The van der Waals surface area contributed by atoms with E-state index in [4.69, 9.17) is 4.74 Å². The van der Waals surface area contributed by atoms with Gasteiger partial charge in [-0.3, -0.25) is 24.1 Å². The molecule has 0 saturated heterocycles. The Morgan fingerprint density at radius 3 is 2.45 bits per heavy atom. The molecule has 0 spiro atoms. The number of ether oxygens (including phenoxy) is 1. The fourth-order valence-electron chi connectivity index (χ4n) is 3.20. The van der Waals surface area contributed by atoms with Crippen LogP contribution in [0.1, 0.15) is 44.7 Å². The molecule has 7 nitrogen and oxygen atoms in total. The monoisotopic (exact) mass is 486 g/mol. The molecule has 0 bridgehead atoms. The molecule has 1 heterocycles. The maximum atomic E-state index is 12.4. The molecule has 0 aliphatic carbocycles. The van der Waals surface area contributed by atoms with Gasteiger partial charge < -0.3 is 10.1 Å². The normalized spacial score (nSPS) is 12.6. The number of benzene rings is 2. The summed E-state index contributed by atoms with van der Waals surface area (Å²) in [6.45, 7) is 2.20. The van der Waals surface area contributed by atoms with Crippen molar-refractivity contribution >= 4 is 39.6 Å². The highest BCUT2D eigenvalue weighted by Gasteiger charge is 2.35. The third-order valence-electron chi connectivity index (χ3n) is 4.92. The van der Waals surface area contributed by atoms with Gasteiger partial charge >= 0.3 is 5.97 Å². The number of hydrogen-bond acceptors (Lipinski definition) is 5. The summed E-state index contributed by atoms with van der Waals surface area (Å²) in [4.78, 5) is 49.6. The Kier molecular flexibility index (Phi) is 7.57. The van der Waals surface area contributed by atoms with Crippen molar-refractivity contribution < 1.29 is 23.9 Å². The summed E-state index contributed by atoms with van der Waals surface area (Å²) in [5.41, 5.74) is 2.91. The SMILES string of the molecule is Cc1ccc(CCC(=O)NCCOC(=O)CCN2C(=O)c3ccc(Br)cc3C2=O)cc1. The molecule has 0 aromatic heterocycles. The fourth-order valence-corrected chi connectivity index (χ4v) is 3.56. The van der Waals surface area contributed by atoms with E-state index in [1.807, 2.05) is 31.2 Å². The van der Waals surface area contributed by atoms with Gasteiger partial charge in [0.2, 0.25) is 5.91 Å². The summed E-state index contributed by atoms with van der Waals surface area (Å²) in [5.74, 6) is -1.49. The molecule has 0 radical (unpaired) electrons. The first-order valence-electron chi connectivity index (χ1n) is 9.99. The Bertz CT molecular complexity index is 1000. The number of hydrogen-bond donors (Lipinski definition) is 1. The first-order valence-corrected chi connectivity index (χ1v) is 10.8. The summed E-state index contributed by atoms with van der Waals surface area (Å²) in [6, 6.07) is 12.9. The van der Waals surface area contributed by atoms with E-state index < -0.39 is 17.8 Å². The molecule has 1 aliphatic rings. The van der Waals surface area contributed by atoms with Crippen molar-refractivity contribution in [1.29, 1.82) is 0 Å². The standard InChI is InChI=1S/C23H23BrN2O5/c1-15-2-4-16(5-3-15)6-9-20(27)25-11-13-31-21(28)10-12-26-22(29)18-8-7-17(24)14-19(18)23(26)30/h2-5,7-8,14H,6,9-13H2,1H3,(H,25,27). The number of esters is 1. The molecule has 2 aromatic rings. The number of amides is 3. The Labute approximate surface area is 188 Å². The number of rotatable bonds is 9. The second kappa shape index (κ2) is 10.3. The highest BCUT2D eigenvalue weighted by atomic mass is 79.9. The van der Waals surface area contributed by atoms with Crippen molar-refractivity contribution in [3.8, 4) is 0 Å². The lowest BCUT2D eigenvalue weighted by Gasteiger charge is -2.13. The van der Waals surface area contributed by atoms with Gasteiger partial charge in [-0.15, -0.1) is 0 Å². The molecular formula is C23H23BrN2O5. The summed E-state index contributed by atoms with van der Waals surface area (Å²) >= 11 is 3.28. The van der Waals surface area contributed by atoms with E-state index in [1.165, 1.54) is 5.56 Å². The van der Waals surface area contributed by atoms with Crippen LogP contribution in [0.3, 0.4) is 0 Å². The minimum Gasteiger partial charge on any atom is -0.464 e. The van der Waals surface area contributed by atoms with Gasteiger partial charge in [0.1, 0.15) is 6.61 Å². The van der Waals surface area contributed by atoms with Crippen molar-refractivity contribution in [2.45, 2.75) is 26.2 Å². The van der Waals surface area contributed by atoms with Crippen molar-refractivity contribution in [1.82, 2.24) is 10.2 Å². The molecule has 31 heavy (non-hydrogen) atoms. The first kappa shape index (κ1) is 22.7. The summed E-state index contributed by atoms with van der Waals surface area (Å²) in [6.07, 6.45) is 0.892. The smallest absolute Gasteiger partial charge is 0.307 e. The second-order valence-electron chi connectivity index (χ2n) is 7.26. The summed E-state index contributed by atoms with van der Waals surface area (Å²) in [7, 11) is 0. The quantitative estimate of drug-likeness (QED) is 0.334. The summed E-state index contributed by atoms with van der Waals surface area (Å²) < 4.78 is 5.79. The third-order valence-corrected chi connectivity index (χ3v) is 5.41. The number of carbonyl (C=O) groups is 4. The number of nitrogens with zero attached hydrogens (tertiary/aromatic N) is 1.